The SMILES string of the molecule is C.O=C1O[C@@H](COc2ccon2)CN1c1ccc(-c2ccn3ccnc3c2)c(F)c1. The van der Waals surface area contributed by atoms with E-state index in [2.05, 4.69) is 14.7 Å². The number of anilines is 1. The molecule has 1 amide bonds. The zero-order chi connectivity index (χ0) is 19.8. The second-order valence-corrected chi connectivity index (χ2v) is 6.54. The Morgan fingerprint density at radius 2 is 2.10 bits per heavy atom. The highest BCUT2D eigenvalue weighted by Crippen LogP contribution is 2.29. The van der Waals surface area contributed by atoms with Crippen molar-refractivity contribution in [3.63, 3.8) is 0 Å². The molecule has 8 nitrogen and oxygen atoms in total. The van der Waals surface area contributed by atoms with E-state index in [-0.39, 0.29) is 20.6 Å². The summed E-state index contributed by atoms with van der Waals surface area (Å²) in [6.07, 6.45) is 5.66. The van der Waals surface area contributed by atoms with E-state index < -0.39 is 18.0 Å². The Morgan fingerprint density at radius 1 is 1.20 bits per heavy atom. The van der Waals surface area contributed by atoms with Crippen LogP contribution < -0.4 is 9.64 Å². The predicted octanol–water partition coefficient (Wildman–Crippen LogP) is 4.17. The maximum Gasteiger partial charge on any atom is 0.414 e. The van der Waals surface area contributed by atoms with Gasteiger partial charge in [-0.05, 0) is 41.1 Å². The lowest BCUT2D eigenvalue weighted by molar-refractivity contribution is 0.102. The highest BCUT2D eigenvalue weighted by atomic mass is 19.1. The maximum absolute atomic E-state index is 14.8. The predicted molar refractivity (Wildman–Crippen MR) is 107 cm³/mol. The fourth-order valence-corrected chi connectivity index (χ4v) is 3.26. The van der Waals surface area contributed by atoms with Gasteiger partial charge in [0.25, 0.3) is 5.88 Å². The highest BCUT2D eigenvalue weighted by Gasteiger charge is 2.33. The van der Waals surface area contributed by atoms with E-state index >= 15 is 0 Å². The van der Waals surface area contributed by atoms with Crippen molar-refractivity contribution in [3.05, 3.63) is 67.1 Å². The molecule has 1 aliphatic rings. The third kappa shape index (κ3) is 3.57. The van der Waals surface area contributed by atoms with Crippen molar-refractivity contribution in [2.75, 3.05) is 18.1 Å². The molecule has 1 saturated heterocycles. The van der Waals surface area contributed by atoms with Crippen LogP contribution in [0.4, 0.5) is 14.9 Å². The molecule has 1 atom stereocenters. The number of halogens is 1. The van der Waals surface area contributed by atoms with Crippen LogP contribution in [0.2, 0.25) is 0 Å². The molecular weight excluding hydrogens is 391 g/mol. The second-order valence-electron chi connectivity index (χ2n) is 6.54. The number of nitrogens with zero attached hydrogens (tertiary/aromatic N) is 4. The minimum atomic E-state index is -0.551. The van der Waals surface area contributed by atoms with Crippen molar-refractivity contribution in [2.24, 2.45) is 0 Å². The molecule has 3 aromatic heterocycles. The van der Waals surface area contributed by atoms with Crippen molar-refractivity contribution in [3.8, 4) is 17.0 Å². The Bertz CT molecular complexity index is 1170. The van der Waals surface area contributed by atoms with E-state index in [1.54, 1.807) is 30.5 Å². The molecule has 4 aromatic rings. The fourth-order valence-electron chi connectivity index (χ4n) is 3.26. The van der Waals surface area contributed by atoms with Gasteiger partial charge in [-0.3, -0.25) is 4.90 Å². The van der Waals surface area contributed by atoms with E-state index in [0.717, 1.165) is 5.65 Å². The Balaban J connectivity index is 0.00000218. The first-order valence-corrected chi connectivity index (χ1v) is 8.91. The van der Waals surface area contributed by atoms with Crippen LogP contribution >= 0.6 is 0 Å². The summed E-state index contributed by atoms with van der Waals surface area (Å²) >= 11 is 0. The second kappa shape index (κ2) is 7.86. The fraction of sp³-hybridized carbons (Fsp3) is 0.190. The van der Waals surface area contributed by atoms with Crippen LogP contribution in [0.1, 0.15) is 7.43 Å². The van der Waals surface area contributed by atoms with Crippen molar-refractivity contribution in [2.45, 2.75) is 13.5 Å². The summed E-state index contributed by atoms with van der Waals surface area (Å²) in [5, 5.41) is 3.63. The van der Waals surface area contributed by atoms with Crippen LogP contribution in [0.25, 0.3) is 16.8 Å². The number of cyclic esters (lactones) is 1. The number of amides is 1. The summed E-state index contributed by atoms with van der Waals surface area (Å²) in [5.41, 5.74) is 2.28. The first kappa shape index (κ1) is 19.4. The minimum absolute atomic E-state index is 0. The summed E-state index contributed by atoms with van der Waals surface area (Å²) in [7, 11) is 0. The van der Waals surface area contributed by atoms with Crippen LogP contribution in [-0.4, -0.2) is 39.9 Å². The number of imidazole rings is 1. The van der Waals surface area contributed by atoms with Gasteiger partial charge in [-0.25, -0.2) is 14.2 Å². The molecule has 0 saturated carbocycles. The number of hydrogen-bond acceptors (Lipinski definition) is 6. The Kier molecular flexibility index (Phi) is 5.09. The Labute approximate surface area is 171 Å². The standard InChI is InChI=1S/C20H15FN4O4.CH4/c21-17-10-14(1-2-16(17)13-3-6-24-7-5-22-18(24)9-13)25-11-15(29-20(25)26)12-27-19-4-8-28-23-19;/h1-10,15H,11-12H2;1H4/t15-;/m1./s1. The molecular formula is C21H19FN4O4. The zero-order valence-electron chi connectivity index (χ0n) is 15.1. The monoisotopic (exact) mass is 410 g/mol. The Morgan fingerprint density at radius 3 is 2.90 bits per heavy atom. The average Bonchev–Trinajstić information content (AvgIpc) is 3.46. The molecule has 0 aliphatic carbocycles. The summed E-state index contributed by atoms with van der Waals surface area (Å²) in [5.74, 6) is -0.127. The van der Waals surface area contributed by atoms with Gasteiger partial charge >= 0.3 is 6.09 Å². The normalized spacial score (nSPS) is 15.8. The molecule has 1 fully saturated rings. The molecule has 0 bridgehead atoms. The van der Waals surface area contributed by atoms with E-state index in [1.165, 1.54) is 17.2 Å². The molecule has 5 rings (SSSR count). The van der Waals surface area contributed by atoms with Gasteiger partial charge in [0.2, 0.25) is 0 Å². The maximum atomic E-state index is 14.8. The van der Waals surface area contributed by atoms with Crippen LogP contribution in [0.5, 0.6) is 5.88 Å². The first-order chi connectivity index (χ1) is 14.2. The average molecular weight is 410 g/mol. The van der Waals surface area contributed by atoms with Crippen LogP contribution in [-0.2, 0) is 4.74 Å². The van der Waals surface area contributed by atoms with Gasteiger partial charge < -0.3 is 18.4 Å². The largest absolute Gasteiger partial charge is 0.471 e. The van der Waals surface area contributed by atoms with Gasteiger partial charge in [0, 0.05) is 30.2 Å². The van der Waals surface area contributed by atoms with Crippen LogP contribution in [0.3, 0.4) is 0 Å². The van der Waals surface area contributed by atoms with E-state index in [4.69, 9.17) is 9.47 Å². The smallest absolute Gasteiger partial charge is 0.414 e. The molecule has 0 radical (unpaired) electrons. The number of benzene rings is 1. The summed E-state index contributed by atoms with van der Waals surface area (Å²) in [4.78, 5) is 17.8. The van der Waals surface area contributed by atoms with Gasteiger partial charge in [0.05, 0.1) is 12.2 Å². The van der Waals surface area contributed by atoms with Crippen molar-refractivity contribution in [1.82, 2.24) is 14.5 Å². The van der Waals surface area contributed by atoms with Crippen molar-refractivity contribution in [1.29, 1.82) is 0 Å². The number of fused-ring (bicyclic) bond motifs is 1. The van der Waals surface area contributed by atoms with E-state index in [9.17, 15) is 9.18 Å². The lowest BCUT2D eigenvalue weighted by atomic mass is 10.1. The van der Waals surface area contributed by atoms with Gasteiger partial charge in [-0.15, -0.1) is 0 Å². The molecule has 0 spiro atoms. The summed E-state index contributed by atoms with van der Waals surface area (Å²) in [6, 6.07) is 9.84. The number of ether oxygens (including phenoxy) is 2. The highest BCUT2D eigenvalue weighted by molar-refractivity contribution is 5.90. The number of carbonyl (C=O) groups excluding carboxylic acids is 1. The molecule has 1 aromatic carbocycles. The number of hydrogen-bond donors (Lipinski definition) is 0. The number of pyridine rings is 1. The lowest BCUT2D eigenvalue weighted by Gasteiger charge is -2.14. The molecule has 154 valence electrons. The van der Waals surface area contributed by atoms with Crippen LogP contribution in [0, 0.1) is 5.82 Å². The quantitative estimate of drug-likeness (QED) is 0.491. The van der Waals surface area contributed by atoms with Crippen molar-refractivity contribution < 1.29 is 23.2 Å². The minimum Gasteiger partial charge on any atom is -0.471 e. The van der Waals surface area contributed by atoms with E-state index in [1.807, 2.05) is 22.9 Å². The van der Waals surface area contributed by atoms with E-state index in [0.29, 0.717) is 22.7 Å². The van der Waals surface area contributed by atoms with Gasteiger partial charge in [0.15, 0.2) is 6.10 Å². The van der Waals surface area contributed by atoms with Gasteiger partial charge in [-0.1, -0.05) is 7.43 Å². The van der Waals surface area contributed by atoms with Gasteiger partial charge in [0.1, 0.15) is 24.3 Å². The molecule has 0 unspecified atom stereocenters. The third-order valence-corrected chi connectivity index (χ3v) is 4.68. The van der Waals surface area contributed by atoms with Crippen LogP contribution in [0.15, 0.2) is 65.8 Å². The summed E-state index contributed by atoms with van der Waals surface area (Å²) in [6.45, 7) is 0.370. The summed E-state index contributed by atoms with van der Waals surface area (Å²) < 4.78 is 32.0. The number of aromatic nitrogens is 3. The number of carbonyl (C=O) groups is 1. The molecule has 0 N–H and O–H groups in total. The first-order valence-electron chi connectivity index (χ1n) is 8.91. The molecule has 1 aliphatic heterocycles. The number of rotatable bonds is 5. The molecule has 9 heteroatoms. The third-order valence-electron chi connectivity index (χ3n) is 4.68. The zero-order valence-corrected chi connectivity index (χ0v) is 15.1. The molecule has 30 heavy (non-hydrogen) atoms. The van der Waals surface area contributed by atoms with Gasteiger partial charge in [-0.2, -0.15) is 0 Å². The lowest BCUT2D eigenvalue weighted by Crippen LogP contribution is -2.26. The molecule has 4 heterocycles. The van der Waals surface area contributed by atoms with Crippen molar-refractivity contribution >= 4 is 17.4 Å². The Hall–Kier alpha value is -3.88. The topological polar surface area (TPSA) is 82.1 Å².